The molecular formula is C12H21N5O. The zero-order valence-corrected chi connectivity index (χ0v) is 11.3. The van der Waals surface area contributed by atoms with E-state index < -0.39 is 0 Å². The highest BCUT2D eigenvalue weighted by Crippen LogP contribution is 2.06. The van der Waals surface area contributed by atoms with Crippen LogP contribution in [0.15, 0.2) is 12.4 Å². The Hall–Kier alpha value is -1.69. The summed E-state index contributed by atoms with van der Waals surface area (Å²) in [6.45, 7) is 6.06. The Bertz CT molecular complexity index is 375. The van der Waals surface area contributed by atoms with Crippen LogP contribution in [0.2, 0.25) is 0 Å². The quantitative estimate of drug-likeness (QED) is 0.784. The molecule has 1 heterocycles. The maximum absolute atomic E-state index is 11.9. The zero-order chi connectivity index (χ0) is 13.5. The summed E-state index contributed by atoms with van der Waals surface area (Å²) < 4.78 is 0. The number of hydrogen-bond acceptors (Lipinski definition) is 5. The average Bonchev–Trinajstić information content (AvgIpc) is 2.40. The second-order valence-corrected chi connectivity index (χ2v) is 3.99. The number of aromatic nitrogens is 2. The average molecular weight is 251 g/mol. The molecular weight excluding hydrogens is 230 g/mol. The number of nitrogens with zero attached hydrogens (tertiary/aromatic N) is 4. The normalized spacial score (nSPS) is 10.2. The van der Waals surface area contributed by atoms with Gasteiger partial charge in [-0.3, -0.25) is 9.78 Å². The molecule has 100 valence electrons. The van der Waals surface area contributed by atoms with Gasteiger partial charge in [-0.2, -0.15) is 0 Å². The van der Waals surface area contributed by atoms with Crippen molar-refractivity contribution in [3.05, 3.63) is 18.1 Å². The lowest BCUT2D eigenvalue weighted by atomic mass is 10.4. The number of carbonyl (C=O) groups excluding carboxylic acids is 1. The first kappa shape index (κ1) is 14.4. The van der Waals surface area contributed by atoms with Gasteiger partial charge < -0.3 is 15.5 Å². The summed E-state index contributed by atoms with van der Waals surface area (Å²) in [4.78, 5) is 23.9. The maximum atomic E-state index is 11.9. The largest absolute Gasteiger partial charge is 0.349 e. The van der Waals surface area contributed by atoms with E-state index in [2.05, 4.69) is 9.97 Å². The molecule has 2 N–H and O–H groups in total. The van der Waals surface area contributed by atoms with Gasteiger partial charge in [0.15, 0.2) is 0 Å². The lowest BCUT2D eigenvalue weighted by Crippen LogP contribution is -2.39. The number of likely N-dealkylation sites (N-methyl/N-ethyl adjacent to an activating group) is 2. The Labute approximate surface area is 108 Å². The van der Waals surface area contributed by atoms with Crippen LogP contribution in [0.1, 0.15) is 19.5 Å². The van der Waals surface area contributed by atoms with Crippen LogP contribution < -0.4 is 10.6 Å². The first-order valence-corrected chi connectivity index (χ1v) is 6.12. The molecule has 6 nitrogen and oxygen atoms in total. The second kappa shape index (κ2) is 6.90. The predicted molar refractivity (Wildman–Crippen MR) is 71.1 cm³/mol. The van der Waals surface area contributed by atoms with E-state index in [0.717, 1.165) is 18.8 Å². The third kappa shape index (κ3) is 3.66. The molecule has 0 aliphatic heterocycles. The zero-order valence-electron chi connectivity index (χ0n) is 11.3. The number of hydrogen-bond donors (Lipinski definition) is 1. The third-order valence-electron chi connectivity index (χ3n) is 2.78. The number of rotatable bonds is 6. The Kier molecular flexibility index (Phi) is 5.51. The molecule has 0 saturated heterocycles. The molecule has 0 fully saturated rings. The van der Waals surface area contributed by atoms with E-state index in [9.17, 15) is 4.79 Å². The van der Waals surface area contributed by atoms with Gasteiger partial charge in [0.05, 0.1) is 24.6 Å². The van der Waals surface area contributed by atoms with E-state index in [1.165, 1.54) is 0 Å². The molecule has 0 bridgehead atoms. The fourth-order valence-electron chi connectivity index (χ4n) is 1.61. The lowest BCUT2D eigenvalue weighted by molar-refractivity contribution is -0.129. The van der Waals surface area contributed by atoms with Crippen LogP contribution in [0.25, 0.3) is 0 Å². The number of carbonyl (C=O) groups is 1. The van der Waals surface area contributed by atoms with Crippen molar-refractivity contribution in [2.24, 2.45) is 5.73 Å². The molecule has 0 saturated carbocycles. The fourth-order valence-corrected chi connectivity index (χ4v) is 1.61. The first-order chi connectivity index (χ1) is 8.62. The number of nitrogens with two attached hydrogens (primary N) is 1. The van der Waals surface area contributed by atoms with Crippen molar-refractivity contribution in [3.8, 4) is 0 Å². The summed E-state index contributed by atoms with van der Waals surface area (Å²) >= 11 is 0. The van der Waals surface area contributed by atoms with Gasteiger partial charge in [0.2, 0.25) is 5.91 Å². The van der Waals surface area contributed by atoms with E-state index >= 15 is 0 Å². The van der Waals surface area contributed by atoms with Crippen LogP contribution in [-0.4, -0.2) is 47.5 Å². The summed E-state index contributed by atoms with van der Waals surface area (Å²) in [5, 5.41) is 0. The van der Waals surface area contributed by atoms with E-state index in [1.54, 1.807) is 22.2 Å². The van der Waals surface area contributed by atoms with Gasteiger partial charge in [0.25, 0.3) is 0 Å². The van der Waals surface area contributed by atoms with Crippen molar-refractivity contribution in [2.45, 2.75) is 20.4 Å². The molecule has 0 radical (unpaired) electrons. The third-order valence-corrected chi connectivity index (χ3v) is 2.78. The fraction of sp³-hybridized carbons (Fsp3) is 0.583. The maximum Gasteiger partial charge on any atom is 0.242 e. The molecule has 0 atom stereocenters. The van der Waals surface area contributed by atoms with Crippen molar-refractivity contribution < 1.29 is 4.79 Å². The second-order valence-electron chi connectivity index (χ2n) is 3.99. The van der Waals surface area contributed by atoms with Crippen molar-refractivity contribution in [1.82, 2.24) is 14.9 Å². The molecule has 0 unspecified atom stereocenters. The van der Waals surface area contributed by atoms with E-state index in [-0.39, 0.29) is 5.91 Å². The van der Waals surface area contributed by atoms with Crippen molar-refractivity contribution >= 4 is 11.7 Å². The Morgan fingerprint density at radius 2 is 1.94 bits per heavy atom. The van der Waals surface area contributed by atoms with E-state index in [1.807, 2.05) is 20.9 Å². The van der Waals surface area contributed by atoms with Crippen LogP contribution in [-0.2, 0) is 11.3 Å². The minimum atomic E-state index is 0.0900. The highest BCUT2D eigenvalue weighted by atomic mass is 16.2. The van der Waals surface area contributed by atoms with E-state index in [0.29, 0.717) is 18.9 Å². The number of amides is 1. The molecule has 18 heavy (non-hydrogen) atoms. The molecule has 0 spiro atoms. The minimum absolute atomic E-state index is 0.0900. The van der Waals surface area contributed by atoms with Crippen molar-refractivity contribution in [1.29, 1.82) is 0 Å². The molecule has 0 aromatic carbocycles. The van der Waals surface area contributed by atoms with Gasteiger partial charge >= 0.3 is 0 Å². The lowest BCUT2D eigenvalue weighted by Gasteiger charge is -2.23. The molecule has 1 rings (SSSR count). The molecule has 1 amide bonds. The molecule has 0 aliphatic rings. The van der Waals surface area contributed by atoms with Gasteiger partial charge in [-0.15, -0.1) is 0 Å². The summed E-state index contributed by atoms with van der Waals surface area (Å²) in [5.41, 5.74) is 6.19. The predicted octanol–water partition coefficient (Wildman–Crippen LogP) is 0.240. The Balaban J connectivity index is 2.63. The number of anilines is 1. The Morgan fingerprint density at radius 3 is 2.39 bits per heavy atom. The summed E-state index contributed by atoms with van der Waals surface area (Å²) in [7, 11) is 1.83. The Morgan fingerprint density at radius 1 is 1.28 bits per heavy atom. The molecule has 6 heteroatoms. The first-order valence-electron chi connectivity index (χ1n) is 6.12. The van der Waals surface area contributed by atoms with Gasteiger partial charge in [0.1, 0.15) is 5.82 Å². The van der Waals surface area contributed by atoms with Crippen LogP contribution in [0, 0.1) is 0 Å². The van der Waals surface area contributed by atoms with Crippen LogP contribution in [0.4, 0.5) is 5.82 Å². The molecule has 1 aromatic rings. The van der Waals surface area contributed by atoms with Gasteiger partial charge in [0, 0.05) is 26.7 Å². The smallest absolute Gasteiger partial charge is 0.242 e. The van der Waals surface area contributed by atoms with Crippen molar-refractivity contribution in [3.63, 3.8) is 0 Å². The van der Waals surface area contributed by atoms with Crippen molar-refractivity contribution in [2.75, 3.05) is 31.6 Å². The topological polar surface area (TPSA) is 75.4 Å². The summed E-state index contributed by atoms with van der Waals surface area (Å²) in [5.74, 6) is 0.764. The van der Waals surface area contributed by atoms with Crippen LogP contribution >= 0.6 is 0 Å². The highest BCUT2D eigenvalue weighted by molar-refractivity contribution is 5.80. The van der Waals surface area contributed by atoms with Gasteiger partial charge in [-0.1, -0.05) is 0 Å². The highest BCUT2D eigenvalue weighted by Gasteiger charge is 2.13. The van der Waals surface area contributed by atoms with Crippen LogP contribution in [0.5, 0.6) is 0 Å². The van der Waals surface area contributed by atoms with Gasteiger partial charge in [-0.25, -0.2) is 4.98 Å². The molecule has 0 aliphatic carbocycles. The van der Waals surface area contributed by atoms with Gasteiger partial charge in [-0.05, 0) is 13.8 Å². The van der Waals surface area contributed by atoms with Crippen LogP contribution in [0.3, 0.4) is 0 Å². The summed E-state index contributed by atoms with van der Waals surface area (Å²) in [6, 6.07) is 0. The minimum Gasteiger partial charge on any atom is -0.349 e. The van der Waals surface area contributed by atoms with E-state index in [4.69, 9.17) is 5.73 Å². The SMILES string of the molecule is CCN(CC)C(=O)CN(C)c1cnc(CN)cn1. The standard InChI is InChI=1S/C12H21N5O/c1-4-17(5-2)12(18)9-16(3)11-8-14-10(6-13)7-15-11/h7-8H,4-6,9,13H2,1-3H3. The summed E-state index contributed by atoms with van der Waals surface area (Å²) in [6.07, 6.45) is 3.27. The molecule has 1 aromatic heterocycles. The monoisotopic (exact) mass is 251 g/mol.